The first kappa shape index (κ1) is 15.3. The molecule has 1 aliphatic rings. The number of ether oxygens (including phenoxy) is 1. The lowest BCUT2D eigenvalue weighted by molar-refractivity contribution is 0.122. The van der Waals surface area contributed by atoms with Crippen LogP contribution < -0.4 is 4.90 Å². The molecule has 0 aliphatic carbocycles. The van der Waals surface area contributed by atoms with Crippen molar-refractivity contribution in [2.45, 2.75) is 18.4 Å². The van der Waals surface area contributed by atoms with Gasteiger partial charge in [0.2, 0.25) is 0 Å². The quantitative estimate of drug-likeness (QED) is 0.641. The smallest absolute Gasteiger partial charge is 0.133 e. The van der Waals surface area contributed by atoms with Crippen LogP contribution in [0, 0.1) is 6.92 Å². The molecule has 0 unspecified atom stereocenters. The SMILES string of the molecule is CSc1nc(Cc2ccc(N3CCOCC3)cc2)ncc1C. The van der Waals surface area contributed by atoms with Crippen molar-refractivity contribution < 1.29 is 4.74 Å². The van der Waals surface area contributed by atoms with Crippen LogP contribution in [0.25, 0.3) is 0 Å². The van der Waals surface area contributed by atoms with E-state index in [9.17, 15) is 0 Å². The number of aryl methyl sites for hydroxylation is 1. The summed E-state index contributed by atoms with van der Waals surface area (Å²) in [5, 5.41) is 1.06. The highest BCUT2D eigenvalue weighted by molar-refractivity contribution is 7.98. The number of aromatic nitrogens is 2. The molecule has 1 saturated heterocycles. The van der Waals surface area contributed by atoms with Gasteiger partial charge in [-0.25, -0.2) is 9.97 Å². The van der Waals surface area contributed by atoms with Crippen LogP contribution >= 0.6 is 11.8 Å². The van der Waals surface area contributed by atoms with E-state index in [1.165, 1.54) is 11.3 Å². The Morgan fingerprint density at radius 2 is 1.91 bits per heavy atom. The Morgan fingerprint density at radius 1 is 1.18 bits per heavy atom. The molecular weight excluding hydrogens is 294 g/mol. The second kappa shape index (κ2) is 7.11. The van der Waals surface area contributed by atoms with E-state index in [4.69, 9.17) is 4.74 Å². The highest BCUT2D eigenvalue weighted by atomic mass is 32.2. The Kier molecular flexibility index (Phi) is 4.95. The van der Waals surface area contributed by atoms with Gasteiger partial charge in [0.1, 0.15) is 10.9 Å². The molecule has 0 amide bonds. The second-order valence-electron chi connectivity index (χ2n) is 5.42. The summed E-state index contributed by atoms with van der Waals surface area (Å²) < 4.78 is 5.40. The summed E-state index contributed by atoms with van der Waals surface area (Å²) in [6.07, 6.45) is 4.74. The third-order valence-electron chi connectivity index (χ3n) is 3.84. The highest BCUT2D eigenvalue weighted by Gasteiger charge is 2.11. The minimum atomic E-state index is 0.775. The Labute approximate surface area is 135 Å². The van der Waals surface area contributed by atoms with Crippen molar-refractivity contribution in [2.75, 3.05) is 37.5 Å². The van der Waals surface area contributed by atoms with Crippen molar-refractivity contribution in [1.82, 2.24) is 9.97 Å². The maximum absolute atomic E-state index is 5.40. The van der Waals surface area contributed by atoms with E-state index in [1.54, 1.807) is 11.8 Å². The Balaban J connectivity index is 1.70. The van der Waals surface area contributed by atoms with Crippen molar-refractivity contribution in [2.24, 2.45) is 0 Å². The van der Waals surface area contributed by atoms with Crippen LogP contribution in [0.5, 0.6) is 0 Å². The Hall–Kier alpha value is -1.59. The molecule has 0 N–H and O–H groups in total. The number of rotatable bonds is 4. The number of hydrogen-bond acceptors (Lipinski definition) is 5. The first-order valence-corrected chi connectivity index (χ1v) is 8.77. The summed E-state index contributed by atoms with van der Waals surface area (Å²) in [6.45, 7) is 5.62. The predicted molar refractivity (Wildman–Crippen MR) is 90.8 cm³/mol. The standard InChI is InChI=1S/C17H21N3OS/c1-13-12-18-16(19-17(13)22-2)11-14-3-5-15(6-4-14)20-7-9-21-10-8-20/h3-6,12H,7-11H2,1-2H3. The minimum Gasteiger partial charge on any atom is -0.378 e. The molecule has 1 aliphatic heterocycles. The fourth-order valence-electron chi connectivity index (χ4n) is 2.58. The number of thioether (sulfide) groups is 1. The number of anilines is 1. The van der Waals surface area contributed by atoms with Crippen LogP contribution in [0.1, 0.15) is 17.0 Å². The summed E-state index contributed by atoms with van der Waals surface area (Å²) in [4.78, 5) is 11.4. The van der Waals surface area contributed by atoms with Crippen LogP contribution in [0.15, 0.2) is 35.5 Å². The molecule has 0 radical (unpaired) electrons. The molecule has 0 bridgehead atoms. The Morgan fingerprint density at radius 3 is 2.59 bits per heavy atom. The van der Waals surface area contributed by atoms with E-state index in [2.05, 4.69) is 45.4 Å². The molecule has 0 saturated carbocycles. The molecule has 116 valence electrons. The lowest BCUT2D eigenvalue weighted by Crippen LogP contribution is -2.36. The molecule has 3 rings (SSSR count). The normalized spacial score (nSPS) is 15.1. The fourth-order valence-corrected chi connectivity index (χ4v) is 3.15. The zero-order valence-electron chi connectivity index (χ0n) is 13.1. The van der Waals surface area contributed by atoms with Gasteiger partial charge in [0, 0.05) is 31.4 Å². The monoisotopic (exact) mass is 315 g/mol. The number of hydrogen-bond donors (Lipinski definition) is 0. The van der Waals surface area contributed by atoms with Crippen molar-refractivity contribution in [3.63, 3.8) is 0 Å². The molecule has 1 aromatic heterocycles. The molecule has 2 aromatic rings. The van der Waals surface area contributed by atoms with Crippen LogP contribution in [0.4, 0.5) is 5.69 Å². The summed E-state index contributed by atoms with van der Waals surface area (Å²) in [7, 11) is 0. The average Bonchev–Trinajstić information content (AvgIpc) is 2.58. The van der Waals surface area contributed by atoms with Crippen molar-refractivity contribution in [3.8, 4) is 0 Å². The average molecular weight is 315 g/mol. The van der Waals surface area contributed by atoms with E-state index in [0.717, 1.165) is 49.1 Å². The zero-order valence-corrected chi connectivity index (χ0v) is 13.9. The second-order valence-corrected chi connectivity index (χ2v) is 6.22. The molecular formula is C17H21N3OS. The van der Waals surface area contributed by atoms with Gasteiger partial charge in [-0.05, 0) is 36.4 Å². The molecule has 1 fully saturated rings. The molecule has 4 nitrogen and oxygen atoms in total. The van der Waals surface area contributed by atoms with Gasteiger partial charge in [-0.15, -0.1) is 11.8 Å². The molecule has 5 heteroatoms. The molecule has 2 heterocycles. The molecule has 1 aromatic carbocycles. The maximum Gasteiger partial charge on any atom is 0.133 e. The van der Waals surface area contributed by atoms with E-state index in [1.807, 2.05) is 13.1 Å². The summed E-state index contributed by atoms with van der Waals surface area (Å²) in [5.41, 5.74) is 3.65. The van der Waals surface area contributed by atoms with Gasteiger partial charge in [0.15, 0.2) is 0 Å². The van der Waals surface area contributed by atoms with Gasteiger partial charge in [-0.2, -0.15) is 0 Å². The molecule has 0 spiro atoms. The third kappa shape index (κ3) is 3.59. The minimum absolute atomic E-state index is 0.775. The lowest BCUT2D eigenvalue weighted by atomic mass is 10.1. The van der Waals surface area contributed by atoms with Crippen molar-refractivity contribution in [3.05, 3.63) is 47.4 Å². The summed E-state index contributed by atoms with van der Waals surface area (Å²) in [5.74, 6) is 0.883. The maximum atomic E-state index is 5.40. The van der Waals surface area contributed by atoms with Crippen LogP contribution in [-0.4, -0.2) is 42.5 Å². The van der Waals surface area contributed by atoms with Crippen LogP contribution in [0.3, 0.4) is 0 Å². The van der Waals surface area contributed by atoms with E-state index < -0.39 is 0 Å². The number of nitrogens with zero attached hydrogens (tertiary/aromatic N) is 3. The van der Waals surface area contributed by atoms with Crippen LogP contribution in [0.2, 0.25) is 0 Å². The lowest BCUT2D eigenvalue weighted by Gasteiger charge is -2.28. The van der Waals surface area contributed by atoms with Crippen molar-refractivity contribution >= 4 is 17.4 Å². The molecule has 22 heavy (non-hydrogen) atoms. The van der Waals surface area contributed by atoms with Gasteiger partial charge in [0.05, 0.1) is 13.2 Å². The summed E-state index contributed by atoms with van der Waals surface area (Å²) in [6, 6.07) is 8.72. The zero-order chi connectivity index (χ0) is 15.4. The topological polar surface area (TPSA) is 38.2 Å². The van der Waals surface area contributed by atoms with Gasteiger partial charge < -0.3 is 9.64 Å². The largest absolute Gasteiger partial charge is 0.378 e. The predicted octanol–water partition coefficient (Wildman–Crippen LogP) is 2.93. The highest BCUT2D eigenvalue weighted by Crippen LogP contribution is 2.19. The third-order valence-corrected chi connectivity index (χ3v) is 4.64. The van der Waals surface area contributed by atoms with Crippen molar-refractivity contribution in [1.29, 1.82) is 0 Å². The summed E-state index contributed by atoms with van der Waals surface area (Å²) >= 11 is 1.67. The first-order valence-electron chi connectivity index (χ1n) is 7.54. The number of morpholine rings is 1. The van der Waals surface area contributed by atoms with Gasteiger partial charge >= 0.3 is 0 Å². The van der Waals surface area contributed by atoms with Gasteiger partial charge in [-0.3, -0.25) is 0 Å². The number of benzene rings is 1. The van der Waals surface area contributed by atoms with E-state index in [0.29, 0.717) is 0 Å². The van der Waals surface area contributed by atoms with Crippen LogP contribution in [-0.2, 0) is 11.2 Å². The van der Waals surface area contributed by atoms with Gasteiger partial charge in [-0.1, -0.05) is 12.1 Å². The fraction of sp³-hybridized carbons (Fsp3) is 0.412. The van der Waals surface area contributed by atoms with E-state index >= 15 is 0 Å². The molecule has 0 atom stereocenters. The first-order chi connectivity index (χ1) is 10.8. The Bertz CT molecular complexity index is 624. The van der Waals surface area contributed by atoms with E-state index in [-0.39, 0.29) is 0 Å². The van der Waals surface area contributed by atoms with Gasteiger partial charge in [0.25, 0.3) is 0 Å².